The van der Waals surface area contributed by atoms with Gasteiger partial charge in [0.1, 0.15) is 6.04 Å². The fourth-order valence-electron chi connectivity index (χ4n) is 4.08. The van der Waals surface area contributed by atoms with Gasteiger partial charge in [-0.1, -0.05) is 61.9 Å². The van der Waals surface area contributed by atoms with E-state index in [1.165, 1.54) is 32.1 Å². The summed E-state index contributed by atoms with van der Waals surface area (Å²) in [6.45, 7) is 3.24. The van der Waals surface area contributed by atoms with Crippen LogP contribution in [0.4, 0.5) is 0 Å². The molecule has 1 atom stereocenters. The maximum Gasteiger partial charge on any atom is 0.242 e. The quantitative estimate of drug-likeness (QED) is 0.924. The topological polar surface area (TPSA) is 49.4 Å². The zero-order valence-corrected chi connectivity index (χ0v) is 14.6. The minimum atomic E-state index is -0.279. The molecule has 0 spiro atoms. The summed E-state index contributed by atoms with van der Waals surface area (Å²) in [7, 11) is 0. The molecule has 1 aliphatic heterocycles. The highest BCUT2D eigenvalue weighted by atomic mass is 16.2. The van der Waals surface area contributed by atoms with Crippen molar-refractivity contribution in [1.82, 2.24) is 10.2 Å². The normalized spacial score (nSPS) is 22.3. The van der Waals surface area contributed by atoms with Crippen molar-refractivity contribution in [3.63, 3.8) is 0 Å². The first-order valence-electron chi connectivity index (χ1n) is 9.26. The molecule has 2 fully saturated rings. The molecule has 0 bridgehead atoms. The van der Waals surface area contributed by atoms with Crippen molar-refractivity contribution < 1.29 is 9.59 Å². The molecule has 1 aliphatic carbocycles. The molecule has 1 saturated heterocycles. The van der Waals surface area contributed by atoms with Gasteiger partial charge in [-0.2, -0.15) is 0 Å². The summed E-state index contributed by atoms with van der Waals surface area (Å²) in [5.41, 5.74) is 2.19. The number of hydrogen-bond donors (Lipinski definition) is 1. The smallest absolute Gasteiger partial charge is 0.242 e. The van der Waals surface area contributed by atoms with Crippen LogP contribution in [0.15, 0.2) is 24.3 Å². The Hall–Kier alpha value is -1.84. The highest BCUT2D eigenvalue weighted by Crippen LogP contribution is 2.29. The van der Waals surface area contributed by atoms with Gasteiger partial charge in [-0.15, -0.1) is 0 Å². The zero-order chi connectivity index (χ0) is 16.9. The molecule has 3 rings (SSSR count). The molecule has 130 valence electrons. The Morgan fingerprint density at radius 2 is 2.04 bits per heavy atom. The second kappa shape index (κ2) is 7.82. The van der Waals surface area contributed by atoms with Crippen molar-refractivity contribution in [2.24, 2.45) is 5.92 Å². The number of nitrogens with one attached hydrogen (secondary N) is 1. The van der Waals surface area contributed by atoms with Gasteiger partial charge >= 0.3 is 0 Å². The Morgan fingerprint density at radius 3 is 2.79 bits per heavy atom. The van der Waals surface area contributed by atoms with E-state index >= 15 is 0 Å². The summed E-state index contributed by atoms with van der Waals surface area (Å²) in [5.74, 6) is 0.697. The third-order valence-corrected chi connectivity index (χ3v) is 5.37. The lowest BCUT2D eigenvalue weighted by Crippen LogP contribution is -2.58. The number of carbonyl (C=O) groups is 2. The van der Waals surface area contributed by atoms with Gasteiger partial charge in [0.15, 0.2) is 0 Å². The van der Waals surface area contributed by atoms with Crippen molar-refractivity contribution in [2.75, 3.05) is 13.1 Å². The maximum absolute atomic E-state index is 12.8. The number of benzene rings is 1. The number of carbonyl (C=O) groups excluding carboxylic acids is 2. The van der Waals surface area contributed by atoms with E-state index in [-0.39, 0.29) is 17.9 Å². The molecule has 0 aromatic heterocycles. The van der Waals surface area contributed by atoms with Crippen molar-refractivity contribution in [2.45, 2.75) is 57.9 Å². The van der Waals surface area contributed by atoms with Gasteiger partial charge in [-0.3, -0.25) is 9.59 Å². The Balaban J connectivity index is 1.68. The molecule has 1 aromatic rings. The minimum absolute atomic E-state index is 0.0319. The molecule has 1 saturated carbocycles. The lowest BCUT2D eigenvalue weighted by atomic mass is 9.84. The summed E-state index contributed by atoms with van der Waals surface area (Å²) >= 11 is 0. The molecule has 2 aliphatic rings. The second-order valence-corrected chi connectivity index (χ2v) is 7.30. The molecule has 4 heteroatoms. The van der Waals surface area contributed by atoms with Crippen molar-refractivity contribution in [1.29, 1.82) is 0 Å². The average molecular weight is 328 g/mol. The summed E-state index contributed by atoms with van der Waals surface area (Å²) in [5, 5.41) is 2.95. The molecule has 1 N–H and O–H groups in total. The molecule has 0 radical (unpaired) electrons. The molecule has 4 nitrogen and oxygen atoms in total. The molecule has 24 heavy (non-hydrogen) atoms. The fraction of sp³-hybridized carbons (Fsp3) is 0.600. The van der Waals surface area contributed by atoms with Crippen LogP contribution in [0.1, 0.15) is 49.7 Å². The number of piperazine rings is 1. The van der Waals surface area contributed by atoms with E-state index in [2.05, 4.69) is 11.4 Å². The van der Waals surface area contributed by atoms with Crippen molar-refractivity contribution in [3.05, 3.63) is 35.4 Å². The van der Waals surface area contributed by atoms with Gasteiger partial charge in [-0.05, 0) is 24.8 Å². The van der Waals surface area contributed by atoms with Crippen LogP contribution >= 0.6 is 0 Å². The third-order valence-electron chi connectivity index (χ3n) is 5.37. The third kappa shape index (κ3) is 4.16. The first-order chi connectivity index (χ1) is 11.6. The van der Waals surface area contributed by atoms with Gasteiger partial charge in [-0.25, -0.2) is 0 Å². The van der Waals surface area contributed by atoms with Gasteiger partial charge in [0.25, 0.3) is 0 Å². The molecular weight excluding hydrogens is 300 g/mol. The van der Waals surface area contributed by atoms with E-state index in [9.17, 15) is 9.59 Å². The molecule has 1 aromatic carbocycles. The summed E-state index contributed by atoms with van der Waals surface area (Å²) in [4.78, 5) is 27.0. The second-order valence-electron chi connectivity index (χ2n) is 7.30. The lowest BCUT2D eigenvalue weighted by Gasteiger charge is -2.37. The highest BCUT2D eigenvalue weighted by Gasteiger charge is 2.34. The number of aryl methyl sites for hydroxylation is 1. The fourth-order valence-corrected chi connectivity index (χ4v) is 4.08. The average Bonchev–Trinajstić information content (AvgIpc) is 2.57. The van der Waals surface area contributed by atoms with Crippen LogP contribution in [0.5, 0.6) is 0 Å². The molecule has 2 amide bonds. The van der Waals surface area contributed by atoms with E-state index in [1.807, 2.05) is 30.0 Å². The van der Waals surface area contributed by atoms with Crippen LogP contribution in [0.3, 0.4) is 0 Å². The van der Waals surface area contributed by atoms with Crippen LogP contribution in [-0.4, -0.2) is 35.8 Å². The predicted octanol–water partition coefficient (Wildman–Crippen LogP) is 2.83. The summed E-state index contributed by atoms with van der Waals surface area (Å²) < 4.78 is 0. The molecule has 1 unspecified atom stereocenters. The summed E-state index contributed by atoms with van der Waals surface area (Å²) in [6.07, 6.45) is 7.44. The first-order valence-corrected chi connectivity index (χ1v) is 9.26. The zero-order valence-electron chi connectivity index (χ0n) is 14.6. The van der Waals surface area contributed by atoms with Gasteiger partial charge in [0, 0.05) is 13.1 Å². The minimum Gasteiger partial charge on any atom is -0.353 e. The lowest BCUT2D eigenvalue weighted by molar-refractivity contribution is -0.143. The Kier molecular flexibility index (Phi) is 5.54. The Morgan fingerprint density at radius 1 is 1.25 bits per heavy atom. The van der Waals surface area contributed by atoms with E-state index < -0.39 is 0 Å². The monoisotopic (exact) mass is 328 g/mol. The van der Waals surface area contributed by atoms with Crippen LogP contribution in [-0.2, 0) is 16.0 Å². The first kappa shape index (κ1) is 17.0. The number of amides is 2. The van der Waals surface area contributed by atoms with E-state index in [0.717, 1.165) is 17.5 Å². The van der Waals surface area contributed by atoms with Crippen molar-refractivity contribution >= 4 is 11.8 Å². The largest absolute Gasteiger partial charge is 0.353 e. The van der Waals surface area contributed by atoms with E-state index in [1.54, 1.807) is 0 Å². The van der Waals surface area contributed by atoms with E-state index in [0.29, 0.717) is 25.4 Å². The molecule has 1 heterocycles. The van der Waals surface area contributed by atoms with Crippen LogP contribution < -0.4 is 5.32 Å². The van der Waals surface area contributed by atoms with Crippen LogP contribution in [0.2, 0.25) is 0 Å². The predicted molar refractivity (Wildman–Crippen MR) is 94.6 cm³/mol. The summed E-state index contributed by atoms with van der Waals surface area (Å²) in [6, 6.07) is 7.79. The van der Waals surface area contributed by atoms with Gasteiger partial charge in [0.2, 0.25) is 11.8 Å². The van der Waals surface area contributed by atoms with Crippen LogP contribution in [0.25, 0.3) is 0 Å². The number of hydrogen-bond acceptors (Lipinski definition) is 2. The standard InChI is InChI=1S/C20H28N2O2/c1-15-6-5-9-17(12-15)14-19(23)22-11-10-21-20(24)18(22)13-16-7-3-2-4-8-16/h5-6,9,12,16,18H,2-4,7-8,10-11,13-14H2,1H3,(H,21,24). The van der Waals surface area contributed by atoms with Crippen molar-refractivity contribution in [3.8, 4) is 0 Å². The van der Waals surface area contributed by atoms with Gasteiger partial charge in [0.05, 0.1) is 6.42 Å². The Labute approximate surface area is 144 Å². The SMILES string of the molecule is Cc1cccc(CC(=O)N2CCNC(=O)C2CC2CCCCC2)c1. The maximum atomic E-state index is 12.8. The number of nitrogens with zero attached hydrogens (tertiary/aromatic N) is 1. The van der Waals surface area contributed by atoms with Gasteiger partial charge < -0.3 is 10.2 Å². The number of rotatable bonds is 4. The van der Waals surface area contributed by atoms with Crippen LogP contribution in [0, 0.1) is 12.8 Å². The molecular formula is C20H28N2O2. The highest BCUT2D eigenvalue weighted by molar-refractivity contribution is 5.89. The Bertz CT molecular complexity index is 593. The van der Waals surface area contributed by atoms with E-state index in [4.69, 9.17) is 0 Å².